The van der Waals surface area contributed by atoms with Crippen molar-refractivity contribution in [1.82, 2.24) is 14.9 Å². The summed E-state index contributed by atoms with van der Waals surface area (Å²) in [6.07, 6.45) is 3.52. The molecule has 4 heteroatoms. The lowest BCUT2D eigenvalue weighted by Gasteiger charge is -2.31. The third-order valence-electron chi connectivity index (χ3n) is 5.01. The summed E-state index contributed by atoms with van der Waals surface area (Å²) < 4.78 is 1.15. The van der Waals surface area contributed by atoms with E-state index in [-0.39, 0.29) is 0 Å². The zero-order chi connectivity index (χ0) is 16.4. The van der Waals surface area contributed by atoms with E-state index in [2.05, 4.69) is 74.3 Å². The van der Waals surface area contributed by atoms with Crippen LogP contribution in [-0.4, -0.2) is 34.5 Å². The summed E-state index contributed by atoms with van der Waals surface area (Å²) in [6.45, 7) is 3.48. The fourth-order valence-electron chi connectivity index (χ4n) is 3.53. The second-order valence-electron chi connectivity index (χ2n) is 6.63. The van der Waals surface area contributed by atoms with Crippen LogP contribution in [0.1, 0.15) is 30.1 Å². The first-order valence-corrected chi connectivity index (χ1v) is 9.49. The van der Waals surface area contributed by atoms with Gasteiger partial charge in [-0.15, -0.1) is 0 Å². The lowest BCUT2D eigenvalue weighted by molar-refractivity contribution is 0.212. The maximum Gasteiger partial charge on any atom is 0.110 e. The highest BCUT2D eigenvalue weighted by Gasteiger charge is 2.22. The van der Waals surface area contributed by atoms with Crippen molar-refractivity contribution in [2.24, 2.45) is 0 Å². The zero-order valence-corrected chi connectivity index (χ0v) is 15.3. The Balaban J connectivity index is 1.32. The first kappa shape index (κ1) is 15.9. The van der Waals surface area contributed by atoms with Gasteiger partial charge in [-0.3, -0.25) is 0 Å². The Kier molecular flexibility index (Phi) is 4.67. The molecular formula is C20H22BrN3. The molecule has 3 nitrogen and oxygen atoms in total. The zero-order valence-electron chi connectivity index (χ0n) is 13.7. The van der Waals surface area contributed by atoms with Gasteiger partial charge in [0.05, 0.1) is 11.0 Å². The summed E-state index contributed by atoms with van der Waals surface area (Å²) in [6, 6.07) is 17.0. The van der Waals surface area contributed by atoms with Crippen molar-refractivity contribution >= 4 is 27.0 Å². The normalized spacial score (nSPS) is 16.7. The van der Waals surface area contributed by atoms with Gasteiger partial charge < -0.3 is 9.88 Å². The number of hydrogen-bond acceptors (Lipinski definition) is 2. The van der Waals surface area contributed by atoms with Crippen molar-refractivity contribution in [2.75, 3.05) is 19.6 Å². The van der Waals surface area contributed by atoms with E-state index in [0.717, 1.165) is 41.6 Å². The van der Waals surface area contributed by atoms with Crippen LogP contribution in [0, 0.1) is 0 Å². The summed E-state index contributed by atoms with van der Waals surface area (Å²) >= 11 is 3.50. The molecule has 0 radical (unpaired) electrons. The van der Waals surface area contributed by atoms with Crippen molar-refractivity contribution in [1.29, 1.82) is 0 Å². The summed E-state index contributed by atoms with van der Waals surface area (Å²) in [4.78, 5) is 10.9. The molecule has 2 heterocycles. The van der Waals surface area contributed by atoms with Crippen molar-refractivity contribution in [3.63, 3.8) is 0 Å². The molecule has 0 amide bonds. The molecule has 0 bridgehead atoms. The third-order valence-corrected chi connectivity index (χ3v) is 5.54. The minimum Gasteiger partial charge on any atom is -0.342 e. The Labute approximate surface area is 151 Å². The van der Waals surface area contributed by atoms with Crippen LogP contribution in [0.3, 0.4) is 0 Å². The number of nitrogens with one attached hydrogen (secondary N) is 1. The van der Waals surface area contributed by atoms with E-state index in [9.17, 15) is 0 Å². The fourth-order valence-corrected chi connectivity index (χ4v) is 3.80. The molecule has 0 aliphatic carbocycles. The lowest BCUT2D eigenvalue weighted by Crippen LogP contribution is -2.34. The molecule has 0 atom stereocenters. The lowest BCUT2D eigenvalue weighted by atomic mass is 9.96. The smallest absolute Gasteiger partial charge is 0.110 e. The third kappa shape index (κ3) is 3.55. The number of aromatic nitrogens is 2. The molecule has 0 saturated carbocycles. The molecule has 1 aliphatic rings. The number of halogens is 1. The number of imidazole rings is 1. The van der Waals surface area contributed by atoms with Gasteiger partial charge in [0.2, 0.25) is 0 Å². The first-order valence-electron chi connectivity index (χ1n) is 8.69. The van der Waals surface area contributed by atoms with Gasteiger partial charge in [-0.2, -0.15) is 0 Å². The van der Waals surface area contributed by atoms with Gasteiger partial charge in [0.15, 0.2) is 0 Å². The molecule has 1 aliphatic heterocycles. The number of fused-ring (bicyclic) bond motifs is 1. The number of H-pyrrole nitrogens is 1. The van der Waals surface area contributed by atoms with Crippen molar-refractivity contribution in [3.05, 3.63) is 64.4 Å². The monoisotopic (exact) mass is 383 g/mol. The second kappa shape index (κ2) is 7.08. The van der Waals surface area contributed by atoms with Gasteiger partial charge in [-0.25, -0.2) is 4.98 Å². The average Bonchev–Trinajstić information content (AvgIpc) is 3.06. The van der Waals surface area contributed by atoms with Crippen LogP contribution in [0.5, 0.6) is 0 Å². The molecular weight excluding hydrogens is 362 g/mol. The predicted octanol–water partition coefficient (Wildman–Crippen LogP) is 4.75. The topological polar surface area (TPSA) is 31.9 Å². The Morgan fingerprint density at radius 2 is 1.79 bits per heavy atom. The number of aromatic amines is 1. The largest absolute Gasteiger partial charge is 0.342 e. The first-order chi connectivity index (χ1) is 11.8. The van der Waals surface area contributed by atoms with Gasteiger partial charge in [-0.1, -0.05) is 40.2 Å². The quantitative estimate of drug-likeness (QED) is 0.704. The van der Waals surface area contributed by atoms with Gasteiger partial charge >= 0.3 is 0 Å². The highest BCUT2D eigenvalue weighted by Crippen LogP contribution is 2.27. The van der Waals surface area contributed by atoms with E-state index in [1.807, 2.05) is 0 Å². The molecule has 1 fully saturated rings. The molecule has 1 aromatic heterocycles. The summed E-state index contributed by atoms with van der Waals surface area (Å²) in [5, 5.41) is 0. The van der Waals surface area contributed by atoms with E-state index in [0.29, 0.717) is 5.92 Å². The standard InChI is InChI=1S/C20H22BrN3/c21-17-7-5-15(6-8-17)9-12-24-13-10-16(11-14-24)20-22-18-3-1-2-4-19(18)23-20/h1-8,16H,9-14H2,(H,22,23). The van der Waals surface area contributed by atoms with E-state index in [1.165, 1.54) is 24.2 Å². The van der Waals surface area contributed by atoms with E-state index in [1.54, 1.807) is 0 Å². The summed E-state index contributed by atoms with van der Waals surface area (Å²) in [7, 11) is 0. The van der Waals surface area contributed by atoms with Crippen molar-refractivity contribution in [2.45, 2.75) is 25.2 Å². The van der Waals surface area contributed by atoms with Crippen LogP contribution in [0.4, 0.5) is 0 Å². The number of para-hydroxylation sites is 2. The average molecular weight is 384 g/mol. The number of hydrogen-bond donors (Lipinski definition) is 1. The SMILES string of the molecule is Brc1ccc(CCN2CCC(c3nc4ccccc4[nH]3)CC2)cc1. The van der Waals surface area contributed by atoms with E-state index in [4.69, 9.17) is 4.98 Å². The molecule has 3 aromatic rings. The van der Waals surface area contributed by atoms with Gasteiger partial charge in [0.1, 0.15) is 5.82 Å². The minimum atomic E-state index is 0.571. The Hall–Kier alpha value is -1.65. The van der Waals surface area contributed by atoms with Crippen LogP contribution in [-0.2, 0) is 6.42 Å². The molecule has 24 heavy (non-hydrogen) atoms. The predicted molar refractivity (Wildman–Crippen MR) is 102 cm³/mol. The molecule has 0 unspecified atom stereocenters. The number of rotatable bonds is 4. The molecule has 1 N–H and O–H groups in total. The number of likely N-dealkylation sites (tertiary alicyclic amines) is 1. The molecule has 124 valence electrons. The van der Waals surface area contributed by atoms with Crippen LogP contribution in [0.2, 0.25) is 0 Å². The van der Waals surface area contributed by atoms with Crippen LogP contribution in [0.15, 0.2) is 53.0 Å². The number of benzene rings is 2. The number of piperidine rings is 1. The Bertz CT molecular complexity index is 768. The number of nitrogens with zero attached hydrogens (tertiary/aromatic N) is 2. The van der Waals surface area contributed by atoms with E-state index < -0.39 is 0 Å². The summed E-state index contributed by atoms with van der Waals surface area (Å²) in [5.41, 5.74) is 3.66. The van der Waals surface area contributed by atoms with Crippen molar-refractivity contribution < 1.29 is 0 Å². The Morgan fingerprint density at radius 1 is 1.04 bits per heavy atom. The second-order valence-corrected chi connectivity index (χ2v) is 7.55. The van der Waals surface area contributed by atoms with Gasteiger partial charge in [-0.05, 0) is 62.2 Å². The molecule has 1 saturated heterocycles. The highest BCUT2D eigenvalue weighted by molar-refractivity contribution is 9.10. The van der Waals surface area contributed by atoms with Crippen molar-refractivity contribution in [3.8, 4) is 0 Å². The van der Waals surface area contributed by atoms with Crippen LogP contribution in [0.25, 0.3) is 11.0 Å². The van der Waals surface area contributed by atoms with Crippen LogP contribution >= 0.6 is 15.9 Å². The van der Waals surface area contributed by atoms with E-state index >= 15 is 0 Å². The van der Waals surface area contributed by atoms with Gasteiger partial charge in [0, 0.05) is 16.9 Å². The fraction of sp³-hybridized carbons (Fsp3) is 0.350. The maximum absolute atomic E-state index is 4.78. The molecule has 4 rings (SSSR count). The van der Waals surface area contributed by atoms with Gasteiger partial charge in [0.25, 0.3) is 0 Å². The highest BCUT2D eigenvalue weighted by atomic mass is 79.9. The minimum absolute atomic E-state index is 0.571. The molecule has 2 aromatic carbocycles. The Morgan fingerprint density at radius 3 is 2.54 bits per heavy atom. The maximum atomic E-state index is 4.78. The molecule has 0 spiro atoms. The van der Waals surface area contributed by atoms with Crippen LogP contribution < -0.4 is 0 Å². The summed E-state index contributed by atoms with van der Waals surface area (Å²) in [5.74, 6) is 1.74.